The van der Waals surface area contributed by atoms with Crippen LogP contribution in [-0.2, 0) is 9.59 Å². The fourth-order valence-corrected chi connectivity index (χ4v) is 3.22. The van der Waals surface area contributed by atoms with Crippen LogP contribution in [0.5, 0.6) is 0 Å². The van der Waals surface area contributed by atoms with Crippen molar-refractivity contribution in [3.63, 3.8) is 0 Å². The van der Waals surface area contributed by atoms with E-state index in [1.54, 1.807) is 11.1 Å². The fraction of sp³-hybridized carbons (Fsp3) is 0.611. The van der Waals surface area contributed by atoms with Gasteiger partial charge in [-0.2, -0.15) is 5.10 Å². The normalized spacial score (nSPS) is 19.5. The Balaban J connectivity index is 1.36. The molecule has 9 nitrogen and oxygen atoms in total. The van der Waals surface area contributed by atoms with Gasteiger partial charge in [-0.15, -0.1) is 5.10 Å². The van der Waals surface area contributed by atoms with Crippen molar-refractivity contribution in [2.45, 2.75) is 38.6 Å². The van der Waals surface area contributed by atoms with Gasteiger partial charge in [0.2, 0.25) is 11.8 Å². The lowest BCUT2D eigenvalue weighted by molar-refractivity contribution is -0.131. The first kappa shape index (κ1) is 19.1. The highest BCUT2D eigenvalue weighted by Crippen LogP contribution is 2.32. The monoisotopic (exact) mass is 374 g/mol. The number of nitrogens with one attached hydrogen (secondary N) is 2. The first-order chi connectivity index (χ1) is 13.0. The average Bonchev–Trinajstić information content (AvgIpc) is 3.46. The van der Waals surface area contributed by atoms with Gasteiger partial charge in [-0.1, -0.05) is 0 Å². The smallest absolute Gasteiger partial charge is 0.321 e. The van der Waals surface area contributed by atoms with Crippen LogP contribution in [0.2, 0.25) is 0 Å². The van der Waals surface area contributed by atoms with E-state index >= 15 is 0 Å². The summed E-state index contributed by atoms with van der Waals surface area (Å²) in [4.78, 5) is 39.6. The molecule has 4 amide bonds. The van der Waals surface area contributed by atoms with Crippen LogP contribution in [0, 0.1) is 5.92 Å². The van der Waals surface area contributed by atoms with Crippen molar-refractivity contribution in [1.29, 1.82) is 0 Å². The Labute approximate surface area is 158 Å². The Bertz CT molecular complexity index is 679. The van der Waals surface area contributed by atoms with E-state index in [0.29, 0.717) is 32.0 Å². The van der Waals surface area contributed by atoms with Crippen LogP contribution in [-0.4, -0.2) is 65.2 Å². The predicted molar refractivity (Wildman–Crippen MR) is 98.9 cm³/mol. The van der Waals surface area contributed by atoms with Crippen LogP contribution >= 0.6 is 0 Å². The van der Waals surface area contributed by atoms with Crippen molar-refractivity contribution < 1.29 is 14.4 Å². The second-order valence-electron chi connectivity index (χ2n) is 7.17. The van der Waals surface area contributed by atoms with Gasteiger partial charge in [-0.05, 0) is 37.8 Å². The second kappa shape index (κ2) is 8.79. The van der Waals surface area contributed by atoms with Crippen molar-refractivity contribution in [2.75, 3.05) is 31.1 Å². The first-order valence-electron chi connectivity index (χ1n) is 9.42. The van der Waals surface area contributed by atoms with Crippen LogP contribution in [0.4, 0.5) is 10.6 Å². The highest BCUT2D eigenvalue weighted by molar-refractivity contribution is 5.94. The van der Waals surface area contributed by atoms with Gasteiger partial charge in [-0.25, -0.2) is 4.79 Å². The number of rotatable bonds is 6. The molecule has 0 radical (unpaired) electrons. The van der Waals surface area contributed by atoms with E-state index in [1.807, 2.05) is 19.1 Å². The zero-order valence-electron chi connectivity index (χ0n) is 15.6. The summed E-state index contributed by atoms with van der Waals surface area (Å²) in [6.07, 6.45) is 4.37. The Hall–Kier alpha value is -2.71. The molecule has 1 atom stereocenters. The summed E-state index contributed by atoms with van der Waals surface area (Å²) in [6.45, 7) is 4.15. The third kappa shape index (κ3) is 5.63. The lowest BCUT2D eigenvalue weighted by atomic mass is 10.1. The largest absolute Gasteiger partial charge is 0.349 e. The molecule has 27 heavy (non-hydrogen) atoms. The van der Waals surface area contributed by atoms with Gasteiger partial charge >= 0.3 is 6.03 Å². The molecule has 2 heterocycles. The molecule has 9 heteroatoms. The number of urea groups is 1. The van der Waals surface area contributed by atoms with Gasteiger partial charge in [0, 0.05) is 51.3 Å². The molecule has 3 rings (SSSR count). The summed E-state index contributed by atoms with van der Waals surface area (Å²) in [5.41, 5.74) is 0. The van der Waals surface area contributed by atoms with Crippen molar-refractivity contribution in [3.05, 3.63) is 18.3 Å². The van der Waals surface area contributed by atoms with Gasteiger partial charge in [-0.3, -0.25) is 14.9 Å². The maximum absolute atomic E-state index is 12.4. The van der Waals surface area contributed by atoms with Gasteiger partial charge < -0.3 is 15.1 Å². The number of amides is 4. The fourth-order valence-electron chi connectivity index (χ4n) is 3.22. The minimum atomic E-state index is -0.533. The molecule has 1 aliphatic carbocycles. The maximum Gasteiger partial charge on any atom is 0.321 e. The van der Waals surface area contributed by atoms with E-state index in [9.17, 15) is 14.4 Å². The highest BCUT2D eigenvalue weighted by atomic mass is 16.2. The van der Waals surface area contributed by atoms with E-state index in [-0.39, 0.29) is 30.8 Å². The number of nitrogens with zero attached hydrogens (tertiary/aromatic N) is 4. The number of aromatic nitrogens is 2. The zero-order valence-corrected chi connectivity index (χ0v) is 15.6. The van der Waals surface area contributed by atoms with Gasteiger partial charge in [0.1, 0.15) is 0 Å². The summed E-state index contributed by atoms with van der Waals surface area (Å²) >= 11 is 0. The first-order valence-corrected chi connectivity index (χ1v) is 9.42. The van der Waals surface area contributed by atoms with Crippen molar-refractivity contribution in [1.82, 2.24) is 25.7 Å². The molecule has 146 valence electrons. The molecule has 0 aromatic carbocycles. The van der Waals surface area contributed by atoms with E-state index in [4.69, 9.17) is 0 Å². The molecule has 2 N–H and O–H groups in total. The molecule has 2 aliphatic rings. The van der Waals surface area contributed by atoms with Crippen LogP contribution in [0.1, 0.15) is 32.6 Å². The molecule has 1 aromatic heterocycles. The number of hydrogen-bond donors (Lipinski definition) is 2. The Morgan fingerprint density at radius 3 is 2.74 bits per heavy atom. The van der Waals surface area contributed by atoms with E-state index in [0.717, 1.165) is 18.7 Å². The minimum absolute atomic E-state index is 0.00903. The quantitative estimate of drug-likeness (QED) is 0.752. The molecule has 1 aromatic rings. The number of imide groups is 1. The van der Waals surface area contributed by atoms with Gasteiger partial charge in [0.25, 0.3) is 0 Å². The Morgan fingerprint density at radius 2 is 2.07 bits per heavy atom. The van der Waals surface area contributed by atoms with Crippen LogP contribution in [0.25, 0.3) is 0 Å². The van der Waals surface area contributed by atoms with E-state index in [2.05, 4.69) is 25.7 Å². The minimum Gasteiger partial charge on any atom is -0.349 e. The standard InChI is InChI=1S/C18H26N6O3/c1-13-12-23(9-10-24(13)15-3-2-7-20-22-15)17(26)6-8-19-18(27)21-16(25)11-14-4-5-14/h2-3,7,13-14H,4-6,8-12H2,1H3,(H2,19,21,25,27)/t13-/m0/s1. The number of hydrogen-bond acceptors (Lipinski definition) is 6. The summed E-state index contributed by atoms with van der Waals surface area (Å²) < 4.78 is 0. The highest BCUT2D eigenvalue weighted by Gasteiger charge is 2.28. The molecule has 1 aliphatic heterocycles. The third-order valence-corrected chi connectivity index (χ3v) is 4.88. The van der Waals surface area contributed by atoms with Crippen LogP contribution in [0.3, 0.4) is 0 Å². The summed E-state index contributed by atoms with van der Waals surface area (Å²) in [5.74, 6) is 0.980. The summed E-state index contributed by atoms with van der Waals surface area (Å²) in [6, 6.07) is 3.36. The van der Waals surface area contributed by atoms with Gasteiger partial charge in [0.15, 0.2) is 5.82 Å². The summed E-state index contributed by atoms with van der Waals surface area (Å²) in [7, 11) is 0. The summed E-state index contributed by atoms with van der Waals surface area (Å²) in [5, 5.41) is 12.9. The molecule has 0 spiro atoms. The number of carbonyl (C=O) groups excluding carboxylic acids is 3. The molecule has 1 saturated carbocycles. The topological polar surface area (TPSA) is 108 Å². The molecule has 1 saturated heterocycles. The zero-order chi connectivity index (χ0) is 19.2. The van der Waals surface area contributed by atoms with E-state index < -0.39 is 6.03 Å². The SMILES string of the molecule is C[C@H]1CN(C(=O)CCNC(=O)NC(=O)CC2CC2)CCN1c1cccnn1. The molecular formula is C18H26N6O3. The second-order valence-corrected chi connectivity index (χ2v) is 7.17. The predicted octanol–water partition coefficient (Wildman–Crippen LogP) is 0.530. The average molecular weight is 374 g/mol. The third-order valence-electron chi connectivity index (χ3n) is 4.88. The lowest BCUT2D eigenvalue weighted by Crippen LogP contribution is -2.54. The van der Waals surface area contributed by atoms with Crippen molar-refractivity contribution in [3.8, 4) is 0 Å². The number of anilines is 1. The van der Waals surface area contributed by atoms with Crippen LogP contribution < -0.4 is 15.5 Å². The molecular weight excluding hydrogens is 348 g/mol. The molecule has 2 fully saturated rings. The lowest BCUT2D eigenvalue weighted by Gasteiger charge is -2.40. The Morgan fingerprint density at radius 1 is 1.26 bits per heavy atom. The van der Waals surface area contributed by atoms with Gasteiger partial charge in [0.05, 0.1) is 0 Å². The molecule has 0 unspecified atom stereocenters. The van der Waals surface area contributed by atoms with Crippen molar-refractivity contribution >= 4 is 23.7 Å². The van der Waals surface area contributed by atoms with Crippen molar-refractivity contribution in [2.24, 2.45) is 5.92 Å². The van der Waals surface area contributed by atoms with E-state index in [1.165, 1.54) is 0 Å². The number of carbonyl (C=O) groups is 3. The maximum atomic E-state index is 12.4. The Kier molecular flexibility index (Phi) is 6.20. The van der Waals surface area contributed by atoms with Crippen LogP contribution in [0.15, 0.2) is 18.3 Å². The number of piperazine rings is 1. The molecule has 0 bridgehead atoms.